The number of rotatable bonds is 9. The molecule has 1 heterocycles. The van der Waals surface area contributed by atoms with Crippen LogP contribution in [0.3, 0.4) is 0 Å². The van der Waals surface area contributed by atoms with E-state index in [1.807, 2.05) is 13.0 Å². The van der Waals surface area contributed by atoms with Crippen LogP contribution in [0.4, 0.5) is 0 Å². The molecule has 27 heavy (non-hydrogen) atoms. The monoisotopic (exact) mass is 370 g/mol. The average Bonchev–Trinajstić information content (AvgIpc) is 2.68. The molecule has 0 spiro atoms. The van der Waals surface area contributed by atoms with Gasteiger partial charge in [0.25, 0.3) is 5.56 Å². The highest BCUT2D eigenvalue weighted by Gasteiger charge is 2.15. The predicted molar refractivity (Wildman–Crippen MR) is 99.1 cm³/mol. The first-order chi connectivity index (χ1) is 13.0. The van der Waals surface area contributed by atoms with Gasteiger partial charge in [-0.1, -0.05) is 13.0 Å². The van der Waals surface area contributed by atoms with Gasteiger partial charge in [-0.3, -0.25) is 9.59 Å². The molecule has 0 saturated carbocycles. The molecule has 0 aliphatic heterocycles. The first-order valence-electron chi connectivity index (χ1n) is 8.52. The molecular formula is C20H22N2O5. The Morgan fingerprint density at radius 2 is 1.89 bits per heavy atom. The van der Waals surface area contributed by atoms with Crippen molar-refractivity contribution in [3.63, 3.8) is 0 Å². The van der Waals surface area contributed by atoms with Crippen LogP contribution < -0.4 is 15.0 Å². The maximum atomic E-state index is 12.3. The lowest BCUT2D eigenvalue weighted by Gasteiger charge is -2.11. The number of carbonyl (C=O) groups excluding carboxylic acids is 1. The Hall–Kier alpha value is -3.11. The van der Waals surface area contributed by atoms with Crippen molar-refractivity contribution in [3.05, 3.63) is 57.0 Å². The number of hydrogen-bond donors (Lipinski definition) is 1. The summed E-state index contributed by atoms with van der Waals surface area (Å²) in [5, 5.41) is 9.03. The largest absolute Gasteiger partial charge is 0.493 e. The fourth-order valence-corrected chi connectivity index (χ4v) is 2.62. The van der Waals surface area contributed by atoms with Gasteiger partial charge in [0.2, 0.25) is 0 Å². The van der Waals surface area contributed by atoms with Gasteiger partial charge in [0.15, 0.2) is 17.3 Å². The minimum Gasteiger partial charge on any atom is -0.493 e. The molecule has 0 atom stereocenters. The van der Waals surface area contributed by atoms with Gasteiger partial charge in [-0.25, -0.2) is 0 Å². The highest BCUT2D eigenvalue weighted by Crippen LogP contribution is 2.27. The van der Waals surface area contributed by atoms with E-state index in [9.17, 15) is 9.59 Å². The van der Waals surface area contributed by atoms with Crippen LogP contribution in [0.25, 0.3) is 0 Å². The second-order valence-corrected chi connectivity index (χ2v) is 5.87. The third-order valence-electron chi connectivity index (χ3n) is 3.98. The van der Waals surface area contributed by atoms with E-state index in [0.717, 1.165) is 5.56 Å². The van der Waals surface area contributed by atoms with Crippen LogP contribution in [0.5, 0.6) is 11.5 Å². The van der Waals surface area contributed by atoms with Gasteiger partial charge in [-0.2, -0.15) is 5.26 Å². The third kappa shape index (κ3) is 4.96. The summed E-state index contributed by atoms with van der Waals surface area (Å²) in [4.78, 5) is 26.8. The number of hydrogen-bond acceptors (Lipinski definition) is 6. The summed E-state index contributed by atoms with van der Waals surface area (Å²) in [6, 6.07) is 8.55. The summed E-state index contributed by atoms with van der Waals surface area (Å²) in [6.07, 6.45) is 1.01. The van der Waals surface area contributed by atoms with E-state index in [4.69, 9.17) is 19.5 Å². The molecule has 7 heteroatoms. The molecule has 7 nitrogen and oxygen atoms in total. The fourth-order valence-electron chi connectivity index (χ4n) is 2.62. The van der Waals surface area contributed by atoms with Crippen LogP contribution in [-0.4, -0.2) is 25.0 Å². The van der Waals surface area contributed by atoms with Crippen molar-refractivity contribution in [1.29, 1.82) is 5.26 Å². The molecule has 0 bridgehead atoms. The number of nitrogens with zero attached hydrogens (tertiary/aromatic N) is 1. The average molecular weight is 370 g/mol. The molecule has 0 radical (unpaired) electrons. The number of nitriles is 1. The number of ether oxygens (including phenoxy) is 3. The van der Waals surface area contributed by atoms with E-state index in [2.05, 4.69) is 4.98 Å². The molecule has 0 saturated heterocycles. The number of pyridine rings is 1. The number of aromatic nitrogens is 1. The minimum atomic E-state index is -0.532. The standard InChI is InChI=1S/C20H22N2O5/c1-4-5-17(23)15-9-14(10-21)20(24)22-16(15)12-27-11-13-6-7-18(25-2)19(8-13)26-3/h6-9H,4-5,11-12H2,1-3H3,(H,22,24). The van der Waals surface area contributed by atoms with Crippen molar-refractivity contribution in [2.75, 3.05) is 14.2 Å². The van der Waals surface area contributed by atoms with Gasteiger partial charge in [0.1, 0.15) is 11.6 Å². The van der Waals surface area contributed by atoms with Crippen LogP contribution >= 0.6 is 0 Å². The predicted octanol–water partition coefficient (Wildman–Crippen LogP) is 2.96. The van der Waals surface area contributed by atoms with E-state index in [1.54, 1.807) is 32.4 Å². The Bertz CT molecular complexity index is 912. The molecule has 0 unspecified atom stereocenters. The summed E-state index contributed by atoms with van der Waals surface area (Å²) in [5.74, 6) is 1.07. The number of carbonyl (C=O) groups is 1. The second kappa shape index (κ2) is 9.55. The maximum absolute atomic E-state index is 12.3. The number of aromatic amines is 1. The van der Waals surface area contributed by atoms with E-state index < -0.39 is 5.56 Å². The topological polar surface area (TPSA) is 101 Å². The van der Waals surface area contributed by atoms with E-state index in [0.29, 0.717) is 35.6 Å². The number of ketones is 1. The van der Waals surface area contributed by atoms with Crippen LogP contribution in [0.15, 0.2) is 29.1 Å². The zero-order valence-electron chi connectivity index (χ0n) is 15.6. The van der Waals surface area contributed by atoms with Crippen LogP contribution in [0.2, 0.25) is 0 Å². The van der Waals surface area contributed by atoms with Gasteiger partial charge in [0.05, 0.1) is 33.1 Å². The lowest BCUT2D eigenvalue weighted by Crippen LogP contribution is -2.18. The quantitative estimate of drug-likeness (QED) is 0.681. The van der Waals surface area contributed by atoms with Crippen molar-refractivity contribution in [2.24, 2.45) is 0 Å². The van der Waals surface area contributed by atoms with Crippen molar-refractivity contribution in [2.45, 2.75) is 33.0 Å². The SMILES string of the molecule is CCCC(=O)c1cc(C#N)c(=O)[nH]c1COCc1ccc(OC)c(OC)c1. The normalized spacial score (nSPS) is 10.3. The molecular weight excluding hydrogens is 348 g/mol. The number of nitrogens with one attached hydrogen (secondary N) is 1. The number of Topliss-reactive ketones (excluding diaryl/α,β-unsaturated/α-hetero) is 1. The lowest BCUT2D eigenvalue weighted by molar-refractivity contribution is 0.0941. The number of H-pyrrole nitrogens is 1. The minimum absolute atomic E-state index is 0.0417. The van der Waals surface area contributed by atoms with Gasteiger partial charge >= 0.3 is 0 Å². The van der Waals surface area contributed by atoms with E-state index >= 15 is 0 Å². The second-order valence-electron chi connectivity index (χ2n) is 5.87. The fraction of sp³-hybridized carbons (Fsp3) is 0.350. The molecule has 1 aromatic carbocycles. The highest BCUT2D eigenvalue weighted by molar-refractivity contribution is 5.97. The Morgan fingerprint density at radius 3 is 2.52 bits per heavy atom. The Balaban J connectivity index is 2.17. The first kappa shape index (κ1) is 20.2. The molecule has 0 amide bonds. The molecule has 142 valence electrons. The lowest BCUT2D eigenvalue weighted by atomic mass is 10.0. The summed E-state index contributed by atoms with van der Waals surface area (Å²) < 4.78 is 16.1. The van der Waals surface area contributed by atoms with Crippen molar-refractivity contribution < 1.29 is 19.0 Å². The molecule has 0 aliphatic rings. The Morgan fingerprint density at radius 1 is 1.15 bits per heavy atom. The zero-order valence-corrected chi connectivity index (χ0v) is 15.6. The third-order valence-corrected chi connectivity index (χ3v) is 3.98. The van der Waals surface area contributed by atoms with Gasteiger partial charge in [0, 0.05) is 12.0 Å². The molecule has 2 aromatic rings. The molecule has 1 aromatic heterocycles. The summed E-state index contributed by atoms with van der Waals surface area (Å²) >= 11 is 0. The van der Waals surface area contributed by atoms with Crippen molar-refractivity contribution in [1.82, 2.24) is 4.98 Å². The van der Waals surface area contributed by atoms with Crippen LogP contribution in [0, 0.1) is 11.3 Å². The Labute approximate surface area is 157 Å². The Kier molecular flexibility index (Phi) is 7.15. The zero-order chi connectivity index (χ0) is 19.8. The van der Waals surface area contributed by atoms with Gasteiger partial charge in [-0.05, 0) is 30.2 Å². The molecule has 0 fully saturated rings. The maximum Gasteiger partial charge on any atom is 0.266 e. The first-order valence-corrected chi connectivity index (χ1v) is 8.52. The number of methoxy groups -OCH3 is 2. The molecule has 1 N–H and O–H groups in total. The van der Waals surface area contributed by atoms with Crippen molar-refractivity contribution >= 4 is 5.78 Å². The molecule has 2 rings (SSSR count). The van der Waals surface area contributed by atoms with Gasteiger partial charge in [-0.15, -0.1) is 0 Å². The van der Waals surface area contributed by atoms with E-state index in [-0.39, 0.29) is 24.6 Å². The molecule has 0 aliphatic carbocycles. The number of benzene rings is 1. The van der Waals surface area contributed by atoms with E-state index in [1.165, 1.54) is 6.07 Å². The van der Waals surface area contributed by atoms with Crippen LogP contribution in [-0.2, 0) is 18.0 Å². The smallest absolute Gasteiger partial charge is 0.266 e. The summed E-state index contributed by atoms with van der Waals surface area (Å²) in [6.45, 7) is 2.19. The summed E-state index contributed by atoms with van der Waals surface area (Å²) in [7, 11) is 3.11. The highest BCUT2D eigenvalue weighted by atomic mass is 16.5. The van der Waals surface area contributed by atoms with Crippen molar-refractivity contribution in [3.8, 4) is 17.6 Å². The summed E-state index contributed by atoms with van der Waals surface area (Å²) in [5.41, 5.74) is 0.927. The van der Waals surface area contributed by atoms with Crippen LogP contribution in [0.1, 0.15) is 46.9 Å². The van der Waals surface area contributed by atoms with Gasteiger partial charge < -0.3 is 19.2 Å².